The van der Waals surface area contributed by atoms with Gasteiger partial charge in [-0.05, 0) is 6.92 Å². The molecule has 0 aromatic rings. The molecule has 1 amide bonds. The summed E-state index contributed by atoms with van der Waals surface area (Å²) in [7, 11) is -2.51. The SMILES string of the molecule is CC(C#N)S(=O)(=O)N(C)CC(N)=O. The summed E-state index contributed by atoms with van der Waals surface area (Å²) < 4.78 is 23.4. The molecule has 1 atom stereocenters. The highest BCUT2D eigenvalue weighted by Crippen LogP contribution is 2.04. The molecule has 0 fully saturated rings. The van der Waals surface area contributed by atoms with E-state index in [0.29, 0.717) is 0 Å². The molecule has 2 N–H and O–H groups in total. The number of nitriles is 1. The minimum Gasteiger partial charge on any atom is -0.369 e. The van der Waals surface area contributed by atoms with Gasteiger partial charge in [0, 0.05) is 7.05 Å². The van der Waals surface area contributed by atoms with E-state index >= 15 is 0 Å². The third-order valence-corrected chi connectivity index (χ3v) is 3.44. The maximum absolute atomic E-state index is 11.3. The average molecular weight is 205 g/mol. The van der Waals surface area contributed by atoms with Gasteiger partial charge >= 0.3 is 0 Å². The van der Waals surface area contributed by atoms with Crippen LogP contribution in [0.15, 0.2) is 0 Å². The van der Waals surface area contributed by atoms with Crippen molar-refractivity contribution in [3.05, 3.63) is 0 Å². The first-order valence-corrected chi connectivity index (χ1v) is 4.95. The molecule has 0 spiro atoms. The van der Waals surface area contributed by atoms with Crippen molar-refractivity contribution in [1.82, 2.24) is 4.31 Å². The van der Waals surface area contributed by atoms with E-state index in [1.54, 1.807) is 6.07 Å². The number of carbonyl (C=O) groups is 1. The van der Waals surface area contributed by atoms with Gasteiger partial charge in [-0.25, -0.2) is 8.42 Å². The Balaban J connectivity index is 4.67. The molecule has 0 heterocycles. The number of rotatable bonds is 4. The van der Waals surface area contributed by atoms with Gasteiger partial charge in [0.1, 0.15) is 0 Å². The van der Waals surface area contributed by atoms with Gasteiger partial charge in [-0.1, -0.05) is 0 Å². The largest absolute Gasteiger partial charge is 0.369 e. The summed E-state index contributed by atoms with van der Waals surface area (Å²) in [5, 5.41) is 7.21. The van der Waals surface area contributed by atoms with Crippen LogP contribution in [0.25, 0.3) is 0 Å². The lowest BCUT2D eigenvalue weighted by Gasteiger charge is -2.16. The summed E-state index contributed by atoms with van der Waals surface area (Å²) >= 11 is 0. The lowest BCUT2D eigenvalue weighted by atomic mass is 10.5. The zero-order valence-corrected chi connectivity index (χ0v) is 8.21. The maximum Gasteiger partial charge on any atom is 0.232 e. The first-order chi connectivity index (χ1) is 5.82. The van der Waals surface area contributed by atoms with Gasteiger partial charge in [0.25, 0.3) is 0 Å². The number of hydrogen-bond acceptors (Lipinski definition) is 4. The molecule has 0 aliphatic rings. The van der Waals surface area contributed by atoms with Crippen molar-refractivity contribution in [3.8, 4) is 6.07 Å². The first-order valence-electron chi connectivity index (χ1n) is 3.45. The summed E-state index contributed by atoms with van der Waals surface area (Å²) in [4.78, 5) is 10.4. The number of primary amides is 1. The Labute approximate surface area is 77.0 Å². The molecule has 0 radical (unpaired) electrons. The minimum atomic E-state index is -3.71. The second-order valence-electron chi connectivity index (χ2n) is 2.54. The minimum absolute atomic E-state index is 0.408. The molecule has 0 aromatic carbocycles. The number of nitrogens with zero attached hydrogens (tertiary/aromatic N) is 2. The van der Waals surface area contributed by atoms with Crippen LogP contribution in [-0.4, -0.2) is 37.5 Å². The third kappa shape index (κ3) is 3.01. The zero-order chi connectivity index (χ0) is 10.6. The number of sulfonamides is 1. The standard InChI is InChI=1S/C6H11N3O3S/c1-5(3-7)13(11,12)9(2)4-6(8)10/h5H,4H2,1-2H3,(H2,8,10). The van der Waals surface area contributed by atoms with E-state index in [2.05, 4.69) is 0 Å². The quantitative estimate of drug-likeness (QED) is 0.612. The van der Waals surface area contributed by atoms with Gasteiger partial charge in [0.2, 0.25) is 15.9 Å². The predicted molar refractivity (Wildman–Crippen MR) is 45.8 cm³/mol. The van der Waals surface area contributed by atoms with Gasteiger partial charge in [-0.15, -0.1) is 0 Å². The fourth-order valence-corrected chi connectivity index (χ4v) is 1.63. The molecule has 0 bridgehead atoms. The molecule has 1 unspecified atom stereocenters. The summed E-state index contributed by atoms with van der Waals surface area (Å²) in [6, 6.07) is 1.58. The molecule has 74 valence electrons. The normalized spacial score (nSPS) is 13.7. The lowest BCUT2D eigenvalue weighted by Crippen LogP contribution is -2.39. The van der Waals surface area contributed by atoms with Gasteiger partial charge in [-0.3, -0.25) is 4.79 Å². The summed E-state index contributed by atoms with van der Waals surface area (Å²) in [5.41, 5.74) is 4.80. The van der Waals surface area contributed by atoms with Gasteiger partial charge in [0.15, 0.2) is 5.25 Å². The third-order valence-electron chi connectivity index (χ3n) is 1.44. The lowest BCUT2D eigenvalue weighted by molar-refractivity contribution is -0.118. The molecule has 6 nitrogen and oxygen atoms in total. The Morgan fingerprint density at radius 2 is 2.15 bits per heavy atom. The summed E-state index contributed by atoms with van der Waals surface area (Å²) in [6.45, 7) is 0.835. The van der Waals surface area contributed by atoms with Gasteiger partial charge in [-0.2, -0.15) is 9.57 Å². The Morgan fingerprint density at radius 3 is 2.46 bits per heavy atom. The Kier molecular flexibility index (Phi) is 3.84. The molecule has 13 heavy (non-hydrogen) atoms. The Bertz CT molecular complexity index is 330. The van der Waals surface area contributed by atoms with Crippen molar-refractivity contribution in [1.29, 1.82) is 5.26 Å². The molecule has 0 aromatic heterocycles. The first kappa shape index (κ1) is 11.9. The van der Waals surface area contributed by atoms with Crippen molar-refractivity contribution in [2.75, 3.05) is 13.6 Å². The number of hydrogen-bond donors (Lipinski definition) is 1. The maximum atomic E-state index is 11.3. The van der Waals surface area contributed by atoms with Crippen LogP contribution < -0.4 is 5.73 Å². The predicted octanol–water partition coefficient (Wildman–Crippen LogP) is -1.35. The highest BCUT2D eigenvalue weighted by molar-refractivity contribution is 7.89. The highest BCUT2D eigenvalue weighted by Gasteiger charge is 2.26. The fourth-order valence-electron chi connectivity index (χ4n) is 0.646. The van der Waals surface area contributed by atoms with E-state index in [4.69, 9.17) is 11.0 Å². The van der Waals surface area contributed by atoms with Crippen LogP contribution in [0, 0.1) is 11.3 Å². The van der Waals surface area contributed by atoms with Gasteiger partial charge < -0.3 is 5.73 Å². The van der Waals surface area contributed by atoms with Gasteiger partial charge in [0.05, 0.1) is 12.6 Å². The van der Waals surface area contributed by atoms with Crippen LogP contribution in [0.4, 0.5) is 0 Å². The molecule has 0 saturated carbocycles. The van der Waals surface area contributed by atoms with Crippen LogP contribution in [-0.2, 0) is 14.8 Å². The van der Waals surface area contributed by atoms with Crippen molar-refractivity contribution < 1.29 is 13.2 Å². The molecule has 0 saturated heterocycles. The van der Waals surface area contributed by atoms with E-state index in [1.165, 1.54) is 14.0 Å². The van der Waals surface area contributed by atoms with Crippen LogP contribution >= 0.6 is 0 Å². The Hall–Kier alpha value is -1.13. The second kappa shape index (κ2) is 4.20. The smallest absolute Gasteiger partial charge is 0.232 e. The van der Waals surface area contributed by atoms with E-state index in [9.17, 15) is 13.2 Å². The number of carbonyl (C=O) groups excluding carboxylic acids is 1. The number of amides is 1. The number of likely N-dealkylation sites (N-methyl/N-ethyl adjacent to an activating group) is 1. The van der Waals surface area contributed by atoms with E-state index in [-0.39, 0.29) is 0 Å². The summed E-state index contributed by atoms with van der Waals surface area (Å²) in [5.74, 6) is -0.754. The monoisotopic (exact) mass is 205 g/mol. The molecule has 7 heteroatoms. The van der Waals surface area contributed by atoms with E-state index < -0.39 is 27.7 Å². The molecule has 0 aliphatic heterocycles. The molecule has 0 aliphatic carbocycles. The van der Waals surface area contributed by atoms with Crippen LogP contribution in [0.2, 0.25) is 0 Å². The fraction of sp³-hybridized carbons (Fsp3) is 0.667. The van der Waals surface area contributed by atoms with Crippen LogP contribution in [0.3, 0.4) is 0 Å². The molecular weight excluding hydrogens is 194 g/mol. The van der Waals surface area contributed by atoms with Crippen LogP contribution in [0.5, 0.6) is 0 Å². The number of nitrogens with two attached hydrogens (primary N) is 1. The van der Waals surface area contributed by atoms with Crippen molar-refractivity contribution >= 4 is 15.9 Å². The second-order valence-corrected chi connectivity index (χ2v) is 4.90. The Morgan fingerprint density at radius 1 is 1.69 bits per heavy atom. The van der Waals surface area contributed by atoms with Crippen LogP contribution in [0.1, 0.15) is 6.92 Å². The topological polar surface area (TPSA) is 104 Å². The van der Waals surface area contributed by atoms with Crippen molar-refractivity contribution in [2.45, 2.75) is 12.2 Å². The van der Waals surface area contributed by atoms with E-state index in [0.717, 1.165) is 4.31 Å². The van der Waals surface area contributed by atoms with Crippen molar-refractivity contribution in [3.63, 3.8) is 0 Å². The molecular formula is C6H11N3O3S. The van der Waals surface area contributed by atoms with Crippen molar-refractivity contribution in [2.24, 2.45) is 5.73 Å². The molecule has 0 rings (SSSR count). The highest BCUT2D eigenvalue weighted by atomic mass is 32.2. The average Bonchev–Trinajstić information content (AvgIpc) is 2.01. The zero-order valence-electron chi connectivity index (χ0n) is 7.39. The summed E-state index contributed by atoms with van der Waals surface area (Å²) in [6.07, 6.45) is 0. The van der Waals surface area contributed by atoms with E-state index in [1.807, 2.05) is 0 Å².